The Morgan fingerprint density at radius 2 is 2.00 bits per heavy atom. The highest BCUT2D eigenvalue weighted by Gasteiger charge is 2.35. The van der Waals surface area contributed by atoms with Crippen LogP contribution in [0.25, 0.3) is 0 Å². The topological polar surface area (TPSA) is 33.1 Å². The maximum Gasteiger partial charge on any atom is 0.0638 e. The van der Waals surface area contributed by atoms with Crippen molar-refractivity contribution in [2.24, 2.45) is 18.9 Å². The monoisotopic (exact) mass is 256 g/mol. The second kappa shape index (κ2) is 4.96. The van der Waals surface area contributed by atoms with Gasteiger partial charge in [0, 0.05) is 38.4 Å². The first kappa shape index (κ1) is 12.9. The van der Waals surface area contributed by atoms with E-state index in [0.29, 0.717) is 0 Å². The first-order chi connectivity index (χ1) is 7.72. The van der Waals surface area contributed by atoms with Gasteiger partial charge in [0.2, 0.25) is 0 Å². The minimum atomic E-state index is 0. The van der Waals surface area contributed by atoms with E-state index in [1.165, 1.54) is 37.4 Å². The van der Waals surface area contributed by atoms with Crippen LogP contribution in [0.4, 0.5) is 0 Å². The van der Waals surface area contributed by atoms with Gasteiger partial charge in [0.05, 0.1) is 5.69 Å². The highest BCUT2D eigenvalue weighted by Crippen LogP contribution is 2.27. The average Bonchev–Trinajstić information content (AvgIpc) is 2.82. The van der Waals surface area contributed by atoms with Crippen LogP contribution in [0.3, 0.4) is 0 Å². The lowest BCUT2D eigenvalue weighted by Gasteiger charge is -2.16. The summed E-state index contributed by atoms with van der Waals surface area (Å²) in [5.41, 5.74) is 2.56. The van der Waals surface area contributed by atoms with E-state index in [9.17, 15) is 0 Å². The summed E-state index contributed by atoms with van der Waals surface area (Å²) < 4.78 is 1.92. The minimum Gasteiger partial charge on any atom is -0.316 e. The molecule has 1 N–H and O–H groups in total. The van der Waals surface area contributed by atoms with Gasteiger partial charge in [0.25, 0.3) is 0 Å². The number of fused-ring (bicyclic) bond motifs is 1. The molecule has 0 bridgehead atoms. The van der Waals surface area contributed by atoms with Crippen LogP contribution in [0, 0.1) is 18.8 Å². The van der Waals surface area contributed by atoms with Crippen molar-refractivity contribution in [3.05, 3.63) is 17.5 Å². The summed E-state index contributed by atoms with van der Waals surface area (Å²) in [6, 6.07) is 0. The van der Waals surface area contributed by atoms with Crippen molar-refractivity contribution in [1.29, 1.82) is 0 Å². The van der Waals surface area contributed by atoms with Gasteiger partial charge in [-0.2, -0.15) is 5.10 Å². The lowest BCUT2D eigenvalue weighted by atomic mass is 10.0. The number of hydrogen-bond donors (Lipinski definition) is 1. The Labute approximate surface area is 109 Å². The van der Waals surface area contributed by atoms with E-state index < -0.39 is 0 Å². The number of rotatable bonds is 2. The third-order valence-corrected chi connectivity index (χ3v) is 3.97. The molecule has 0 aromatic carbocycles. The standard InChI is InChI=1S/C12H20N4.ClH/c1-9-12(5-15(2)14-9)8-16-6-10-3-13-4-11(10)7-16;/h5,10-11,13H,3-4,6-8H2,1-2H3;1H/t10-,11+;. The molecule has 1 aromatic rings. The molecule has 2 aliphatic rings. The fourth-order valence-electron chi connectivity index (χ4n) is 3.13. The Balaban J connectivity index is 0.00000108. The summed E-state index contributed by atoms with van der Waals surface area (Å²) >= 11 is 0. The number of hydrogen-bond acceptors (Lipinski definition) is 3. The van der Waals surface area contributed by atoms with Crippen molar-refractivity contribution in [2.75, 3.05) is 26.2 Å². The summed E-state index contributed by atoms with van der Waals surface area (Å²) in [6.07, 6.45) is 2.15. The maximum absolute atomic E-state index is 4.40. The van der Waals surface area contributed by atoms with E-state index in [1.807, 2.05) is 11.7 Å². The zero-order valence-electron chi connectivity index (χ0n) is 10.5. The second-order valence-corrected chi connectivity index (χ2v) is 5.29. The highest BCUT2D eigenvalue weighted by molar-refractivity contribution is 5.85. The van der Waals surface area contributed by atoms with E-state index in [1.54, 1.807) is 0 Å². The summed E-state index contributed by atoms with van der Waals surface area (Å²) in [4.78, 5) is 2.58. The summed E-state index contributed by atoms with van der Waals surface area (Å²) in [6.45, 7) is 8.12. The molecule has 2 fully saturated rings. The van der Waals surface area contributed by atoms with Gasteiger partial charge in [-0.1, -0.05) is 0 Å². The van der Waals surface area contributed by atoms with E-state index >= 15 is 0 Å². The molecule has 0 radical (unpaired) electrons. The first-order valence-electron chi connectivity index (χ1n) is 6.14. The molecular weight excluding hydrogens is 236 g/mol. The lowest BCUT2D eigenvalue weighted by Crippen LogP contribution is -2.25. The average molecular weight is 257 g/mol. The van der Waals surface area contributed by atoms with Gasteiger partial charge in [-0.15, -0.1) is 12.4 Å². The second-order valence-electron chi connectivity index (χ2n) is 5.29. The molecule has 0 spiro atoms. The molecule has 0 unspecified atom stereocenters. The summed E-state index contributed by atoms with van der Waals surface area (Å²) in [7, 11) is 2.00. The number of nitrogens with one attached hydrogen (secondary N) is 1. The van der Waals surface area contributed by atoms with Crippen LogP contribution in [-0.2, 0) is 13.6 Å². The molecule has 0 amide bonds. The van der Waals surface area contributed by atoms with Crippen molar-refractivity contribution < 1.29 is 0 Å². The fourth-order valence-corrected chi connectivity index (χ4v) is 3.13. The Bertz CT molecular complexity index is 378. The van der Waals surface area contributed by atoms with Crippen molar-refractivity contribution in [1.82, 2.24) is 20.0 Å². The molecule has 2 saturated heterocycles. The summed E-state index contributed by atoms with van der Waals surface area (Å²) in [5, 5.41) is 7.88. The van der Waals surface area contributed by atoms with Gasteiger partial charge >= 0.3 is 0 Å². The van der Waals surface area contributed by atoms with Crippen molar-refractivity contribution >= 4 is 12.4 Å². The predicted molar refractivity (Wildman–Crippen MR) is 70.3 cm³/mol. The van der Waals surface area contributed by atoms with Crippen LogP contribution >= 0.6 is 12.4 Å². The molecule has 0 saturated carbocycles. The van der Waals surface area contributed by atoms with Crippen molar-refractivity contribution in [2.45, 2.75) is 13.5 Å². The molecule has 96 valence electrons. The maximum atomic E-state index is 4.40. The molecule has 2 aliphatic heterocycles. The number of aromatic nitrogens is 2. The van der Waals surface area contributed by atoms with Crippen LogP contribution in [0.2, 0.25) is 0 Å². The Morgan fingerprint density at radius 3 is 2.53 bits per heavy atom. The molecule has 5 heteroatoms. The highest BCUT2D eigenvalue weighted by atomic mass is 35.5. The normalized spacial score (nSPS) is 28.1. The molecule has 3 rings (SSSR count). The van der Waals surface area contributed by atoms with E-state index in [-0.39, 0.29) is 12.4 Å². The van der Waals surface area contributed by atoms with Crippen LogP contribution in [-0.4, -0.2) is 40.9 Å². The van der Waals surface area contributed by atoms with E-state index in [0.717, 1.165) is 18.4 Å². The molecule has 17 heavy (non-hydrogen) atoms. The molecule has 2 atom stereocenters. The lowest BCUT2D eigenvalue weighted by molar-refractivity contribution is 0.305. The number of aryl methyl sites for hydroxylation is 2. The van der Waals surface area contributed by atoms with Gasteiger partial charge in [0.1, 0.15) is 0 Å². The molecule has 1 aromatic heterocycles. The van der Waals surface area contributed by atoms with E-state index in [4.69, 9.17) is 0 Å². The van der Waals surface area contributed by atoms with Gasteiger partial charge < -0.3 is 5.32 Å². The third-order valence-electron chi connectivity index (χ3n) is 3.97. The number of likely N-dealkylation sites (tertiary alicyclic amines) is 1. The first-order valence-corrected chi connectivity index (χ1v) is 6.14. The molecule has 4 nitrogen and oxygen atoms in total. The zero-order chi connectivity index (χ0) is 11.1. The Morgan fingerprint density at radius 1 is 1.35 bits per heavy atom. The zero-order valence-corrected chi connectivity index (χ0v) is 11.3. The SMILES string of the molecule is Cc1nn(C)cc1CN1C[C@H]2CNC[C@H]2C1.Cl. The summed E-state index contributed by atoms with van der Waals surface area (Å²) in [5.74, 6) is 1.77. The minimum absolute atomic E-state index is 0. The van der Waals surface area contributed by atoms with Crippen molar-refractivity contribution in [3.8, 4) is 0 Å². The third kappa shape index (κ3) is 2.49. The van der Waals surface area contributed by atoms with Gasteiger partial charge in [-0.25, -0.2) is 0 Å². The molecule has 0 aliphatic carbocycles. The van der Waals surface area contributed by atoms with Gasteiger partial charge in [-0.3, -0.25) is 9.58 Å². The van der Waals surface area contributed by atoms with Crippen molar-refractivity contribution in [3.63, 3.8) is 0 Å². The smallest absolute Gasteiger partial charge is 0.0638 e. The van der Waals surface area contributed by atoms with E-state index in [2.05, 4.69) is 28.4 Å². The number of halogens is 1. The quantitative estimate of drug-likeness (QED) is 0.850. The fraction of sp³-hybridized carbons (Fsp3) is 0.750. The van der Waals surface area contributed by atoms with Gasteiger partial charge in [-0.05, 0) is 31.8 Å². The van der Waals surface area contributed by atoms with Gasteiger partial charge in [0.15, 0.2) is 0 Å². The largest absolute Gasteiger partial charge is 0.316 e. The Kier molecular flexibility index (Phi) is 3.76. The van der Waals surface area contributed by atoms with Crippen LogP contribution < -0.4 is 5.32 Å². The van der Waals surface area contributed by atoms with Crippen LogP contribution in [0.5, 0.6) is 0 Å². The molecule has 3 heterocycles. The Hall–Kier alpha value is -0.580. The van der Waals surface area contributed by atoms with Crippen LogP contribution in [0.1, 0.15) is 11.3 Å². The van der Waals surface area contributed by atoms with Crippen LogP contribution in [0.15, 0.2) is 6.20 Å². The molecular formula is C12H21ClN4. The number of nitrogens with zero attached hydrogens (tertiary/aromatic N) is 3. The predicted octanol–water partition coefficient (Wildman–Crippen LogP) is 0.802.